The molecule has 2 heterocycles. The van der Waals surface area contributed by atoms with E-state index in [0.717, 1.165) is 55.3 Å². The lowest BCUT2D eigenvalue weighted by atomic mass is 10.2. The smallest absolute Gasteiger partial charge is 0.243 e. The van der Waals surface area contributed by atoms with Crippen LogP contribution in [0.25, 0.3) is 0 Å². The molecule has 0 unspecified atom stereocenters. The third-order valence-corrected chi connectivity index (χ3v) is 7.80. The van der Waals surface area contributed by atoms with E-state index in [9.17, 15) is 8.42 Å². The number of aryl methyl sites for hydroxylation is 2. The summed E-state index contributed by atoms with van der Waals surface area (Å²) in [5, 5.41) is 2.02. The number of hydrogen-bond acceptors (Lipinski definition) is 5. The summed E-state index contributed by atoms with van der Waals surface area (Å²) in [6, 6.07) is 9.18. The Labute approximate surface area is 166 Å². The van der Waals surface area contributed by atoms with Gasteiger partial charge in [-0.25, -0.2) is 8.42 Å². The molecule has 0 bridgehead atoms. The molecule has 0 spiro atoms. The second kappa shape index (κ2) is 9.30. The molecule has 7 heteroatoms. The number of benzene rings is 1. The van der Waals surface area contributed by atoms with Crippen LogP contribution in [0.15, 0.2) is 40.6 Å². The van der Waals surface area contributed by atoms with Gasteiger partial charge in [-0.3, -0.25) is 4.90 Å². The van der Waals surface area contributed by atoms with Gasteiger partial charge >= 0.3 is 0 Å². The van der Waals surface area contributed by atoms with Gasteiger partial charge in [0.05, 0.1) is 18.1 Å². The molecule has 2 aromatic rings. The fourth-order valence-corrected chi connectivity index (χ4v) is 5.61. The van der Waals surface area contributed by atoms with E-state index in [-0.39, 0.29) is 0 Å². The number of ether oxygens (including phenoxy) is 1. The van der Waals surface area contributed by atoms with Crippen LogP contribution in [-0.2, 0) is 21.3 Å². The van der Waals surface area contributed by atoms with E-state index < -0.39 is 10.0 Å². The van der Waals surface area contributed by atoms with Gasteiger partial charge in [0.25, 0.3) is 0 Å². The number of sulfonamides is 1. The van der Waals surface area contributed by atoms with Crippen molar-refractivity contribution in [2.75, 3.05) is 39.4 Å². The van der Waals surface area contributed by atoms with Gasteiger partial charge in [0.2, 0.25) is 10.0 Å². The van der Waals surface area contributed by atoms with E-state index in [2.05, 4.69) is 4.90 Å². The molecule has 0 aliphatic carbocycles. The number of thiophene rings is 1. The lowest BCUT2D eigenvalue weighted by Crippen LogP contribution is -2.39. The SMILES string of the molecule is Cc1ccc(S(=O)(=O)N(CCCN2CCOCC2)Cc2sccc2C)cc1. The van der Waals surface area contributed by atoms with Crippen molar-refractivity contribution in [2.45, 2.75) is 31.7 Å². The Morgan fingerprint density at radius 1 is 1.11 bits per heavy atom. The first-order valence-electron chi connectivity index (χ1n) is 9.37. The van der Waals surface area contributed by atoms with E-state index in [4.69, 9.17) is 4.74 Å². The van der Waals surface area contributed by atoms with Gasteiger partial charge < -0.3 is 4.74 Å². The highest BCUT2D eigenvalue weighted by atomic mass is 32.2. The third-order valence-electron chi connectivity index (χ3n) is 4.93. The summed E-state index contributed by atoms with van der Waals surface area (Å²) >= 11 is 1.62. The molecule has 148 valence electrons. The maximum Gasteiger partial charge on any atom is 0.243 e. The van der Waals surface area contributed by atoms with Gasteiger partial charge in [-0.15, -0.1) is 11.3 Å². The molecule has 1 fully saturated rings. The zero-order valence-electron chi connectivity index (χ0n) is 16.1. The van der Waals surface area contributed by atoms with Gasteiger partial charge in [0, 0.05) is 31.1 Å². The first kappa shape index (κ1) is 20.5. The molecule has 0 N–H and O–H groups in total. The lowest BCUT2D eigenvalue weighted by Gasteiger charge is -2.28. The molecule has 0 saturated carbocycles. The van der Waals surface area contributed by atoms with Gasteiger partial charge in [-0.2, -0.15) is 4.31 Å². The van der Waals surface area contributed by atoms with Crippen LogP contribution in [0.3, 0.4) is 0 Å². The van der Waals surface area contributed by atoms with Crippen molar-refractivity contribution in [2.24, 2.45) is 0 Å². The molecule has 1 aromatic heterocycles. The van der Waals surface area contributed by atoms with Gasteiger partial charge in [-0.1, -0.05) is 17.7 Å². The number of rotatable bonds is 8. The quantitative estimate of drug-likeness (QED) is 0.673. The molecule has 1 saturated heterocycles. The molecule has 5 nitrogen and oxygen atoms in total. The first-order valence-corrected chi connectivity index (χ1v) is 11.7. The molecule has 1 aliphatic heterocycles. The van der Waals surface area contributed by atoms with Crippen molar-refractivity contribution in [3.05, 3.63) is 51.7 Å². The summed E-state index contributed by atoms with van der Waals surface area (Å²) in [4.78, 5) is 3.82. The highest BCUT2D eigenvalue weighted by Crippen LogP contribution is 2.23. The van der Waals surface area contributed by atoms with E-state index in [0.29, 0.717) is 18.0 Å². The second-order valence-corrected chi connectivity index (χ2v) is 9.92. The highest BCUT2D eigenvalue weighted by molar-refractivity contribution is 7.89. The van der Waals surface area contributed by atoms with Crippen LogP contribution in [0, 0.1) is 13.8 Å². The Morgan fingerprint density at radius 3 is 2.44 bits per heavy atom. The monoisotopic (exact) mass is 408 g/mol. The Hall–Kier alpha value is -1.25. The molecule has 1 aromatic carbocycles. The topological polar surface area (TPSA) is 49.9 Å². The largest absolute Gasteiger partial charge is 0.379 e. The van der Waals surface area contributed by atoms with E-state index in [1.165, 1.54) is 0 Å². The summed E-state index contributed by atoms with van der Waals surface area (Å²) in [6.07, 6.45) is 0.815. The first-order chi connectivity index (χ1) is 13.0. The molecule has 0 amide bonds. The highest BCUT2D eigenvalue weighted by Gasteiger charge is 2.25. The van der Waals surface area contributed by atoms with Crippen LogP contribution in [-0.4, -0.2) is 57.0 Å². The third kappa shape index (κ3) is 5.39. The van der Waals surface area contributed by atoms with Crippen molar-refractivity contribution >= 4 is 21.4 Å². The van der Waals surface area contributed by atoms with Gasteiger partial charge in [0.15, 0.2) is 0 Å². The average Bonchev–Trinajstić information content (AvgIpc) is 3.07. The summed E-state index contributed by atoms with van der Waals surface area (Å²) < 4.78 is 33.5. The maximum atomic E-state index is 13.3. The zero-order chi connectivity index (χ0) is 19.3. The van der Waals surface area contributed by atoms with Crippen LogP contribution in [0.5, 0.6) is 0 Å². The van der Waals surface area contributed by atoms with Crippen molar-refractivity contribution in [3.8, 4) is 0 Å². The molecule has 27 heavy (non-hydrogen) atoms. The Kier molecular flexibility index (Phi) is 7.05. The maximum absolute atomic E-state index is 13.3. The minimum absolute atomic E-state index is 0.369. The number of morpholine rings is 1. The predicted molar refractivity (Wildman–Crippen MR) is 110 cm³/mol. The van der Waals surface area contributed by atoms with Gasteiger partial charge in [0.1, 0.15) is 0 Å². The van der Waals surface area contributed by atoms with Crippen molar-refractivity contribution in [1.82, 2.24) is 9.21 Å². The van der Waals surface area contributed by atoms with E-state index >= 15 is 0 Å². The van der Waals surface area contributed by atoms with Crippen molar-refractivity contribution in [3.63, 3.8) is 0 Å². The molecule has 3 rings (SSSR count). The van der Waals surface area contributed by atoms with E-state index in [1.807, 2.05) is 37.4 Å². The van der Waals surface area contributed by atoms with Crippen LogP contribution < -0.4 is 0 Å². The number of hydrogen-bond donors (Lipinski definition) is 0. The normalized spacial score (nSPS) is 16.1. The predicted octanol–water partition coefficient (Wildman–Crippen LogP) is 3.28. The van der Waals surface area contributed by atoms with Crippen molar-refractivity contribution < 1.29 is 13.2 Å². The minimum atomic E-state index is -3.52. The zero-order valence-corrected chi connectivity index (χ0v) is 17.7. The Morgan fingerprint density at radius 2 is 1.81 bits per heavy atom. The molecule has 1 aliphatic rings. The molecule has 0 radical (unpaired) electrons. The standard InChI is InChI=1S/C20H28N2O3S2/c1-17-4-6-19(7-5-17)27(23,24)22(16-20-18(2)8-15-26-20)10-3-9-21-11-13-25-14-12-21/h4-8,15H,3,9-14,16H2,1-2H3. The molecular formula is C20H28N2O3S2. The van der Waals surface area contributed by atoms with Crippen LogP contribution in [0.1, 0.15) is 22.4 Å². The number of nitrogens with zero attached hydrogens (tertiary/aromatic N) is 2. The molecular weight excluding hydrogens is 380 g/mol. The molecule has 0 atom stereocenters. The van der Waals surface area contributed by atoms with Crippen molar-refractivity contribution in [1.29, 1.82) is 0 Å². The summed E-state index contributed by atoms with van der Waals surface area (Å²) in [5.41, 5.74) is 2.21. The summed E-state index contributed by atoms with van der Waals surface area (Å²) in [6.45, 7) is 9.23. The second-order valence-electron chi connectivity index (χ2n) is 6.99. The van der Waals surface area contributed by atoms with Gasteiger partial charge in [-0.05, 0) is 56.0 Å². The Bertz CT molecular complexity index is 825. The average molecular weight is 409 g/mol. The fourth-order valence-electron chi connectivity index (χ4n) is 3.17. The van der Waals surface area contributed by atoms with Crippen LogP contribution in [0.4, 0.5) is 0 Å². The minimum Gasteiger partial charge on any atom is -0.379 e. The summed E-state index contributed by atoms with van der Waals surface area (Å²) in [7, 11) is -3.52. The summed E-state index contributed by atoms with van der Waals surface area (Å²) in [5.74, 6) is 0. The van der Waals surface area contributed by atoms with E-state index in [1.54, 1.807) is 27.8 Å². The lowest BCUT2D eigenvalue weighted by molar-refractivity contribution is 0.0368. The van der Waals surface area contributed by atoms with Crippen LogP contribution >= 0.6 is 11.3 Å². The van der Waals surface area contributed by atoms with Crippen LogP contribution in [0.2, 0.25) is 0 Å². The fraction of sp³-hybridized carbons (Fsp3) is 0.500. The Balaban J connectivity index is 1.74.